The van der Waals surface area contributed by atoms with Crippen LogP contribution in [0.3, 0.4) is 0 Å². The molecule has 0 aliphatic carbocycles. The first kappa shape index (κ1) is 15.3. The second-order valence-corrected chi connectivity index (χ2v) is 4.85. The van der Waals surface area contributed by atoms with E-state index >= 15 is 0 Å². The summed E-state index contributed by atoms with van der Waals surface area (Å²) < 4.78 is 15.6. The molecule has 0 radical (unpaired) electrons. The molecule has 0 aliphatic rings. The van der Waals surface area contributed by atoms with E-state index in [1.165, 1.54) is 7.11 Å². The minimum Gasteiger partial charge on any atom is -0.493 e. The molecule has 0 aromatic heterocycles. The number of rotatable bonds is 7. The fourth-order valence-electron chi connectivity index (χ4n) is 1.29. The third-order valence-corrected chi connectivity index (χ3v) is 2.64. The van der Waals surface area contributed by atoms with Crippen molar-refractivity contribution in [3.05, 3.63) is 23.8 Å². The number of halogens is 2. The molecule has 0 fully saturated rings. The van der Waals surface area contributed by atoms with E-state index in [2.05, 4.69) is 36.6 Å². The van der Waals surface area contributed by atoms with Crippen LogP contribution in [0.5, 0.6) is 11.5 Å². The quantitative estimate of drug-likeness (QED) is 0.538. The summed E-state index contributed by atoms with van der Waals surface area (Å²) >= 11 is 6.55. The number of hydrogen-bond donors (Lipinski definition) is 0. The Labute approximate surface area is 123 Å². The topological polar surface area (TPSA) is 44.8 Å². The zero-order chi connectivity index (χ0) is 13.4. The number of ether oxygens (including phenoxy) is 3. The lowest BCUT2D eigenvalue weighted by Gasteiger charge is -2.10. The van der Waals surface area contributed by atoms with Crippen LogP contribution in [0.25, 0.3) is 0 Å². The van der Waals surface area contributed by atoms with Gasteiger partial charge >= 0.3 is 5.97 Å². The van der Waals surface area contributed by atoms with Gasteiger partial charge in [-0.3, -0.25) is 0 Å². The average molecular weight is 382 g/mol. The van der Waals surface area contributed by atoms with Crippen molar-refractivity contribution in [2.75, 3.05) is 31.0 Å². The van der Waals surface area contributed by atoms with Crippen LogP contribution in [0.1, 0.15) is 10.4 Å². The molecule has 4 nitrogen and oxygen atoms in total. The average Bonchev–Trinajstić information content (AvgIpc) is 2.41. The third kappa shape index (κ3) is 4.86. The van der Waals surface area contributed by atoms with Gasteiger partial charge in [0.1, 0.15) is 11.5 Å². The number of carbonyl (C=O) groups is 1. The van der Waals surface area contributed by atoms with Crippen molar-refractivity contribution in [2.45, 2.75) is 0 Å². The molecule has 6 heteroatoms. The fourth-order valence-corrected chi connectivity index (χ4v) is 1.61. The lowest BCUT2D eigenvalue weighted by molar-refractivity contribution is 0.0599. The number of esters is 1. The fraction of sp³-hybridized carbons (Fsp3) is 0.417. The Balaban J connectivity index is 2.91. The Kier molecular flexibility index (Phi) is 7.12. The van der Waals surface area contributed by atoms with E-state index < -0.39 is 5.97 Å². The van der Waals surface area contributed by atoms with Crippen molar-refractivity contribution < 1.29 is 19.0 Å². The van der Waals surface area contributed by atoms with Crippen LogP contribution >= 0.6 is 31.9 Å². The second-order valence-electron chi connectivity index (χ2n) is 3.26. The SMILES string of the molecule is COC(=O)c1cc(OCCBr)cc(OCCBr)c1. The van der Waals surface area contributed by atoms with Crippen LogP contribution in [0, 0.1) is 0 Å². The summed E-state index contributed by atoms with van der Waals surface area (Å²) in [6.45, 7) is 1.03. The Morgan fingerprint density at radius 2 is 1.56 bits per heavy atom. The summed E-state index contributed by atoms with van der Waals surface area (Å²) in [5.41, 5.74) is 0.411. The largest absolute Gasteiger partial charge is 0.493 e. The molecule has 0 unspecified atom stereocenters. The molecule has 0 aliphatic heterocycles. The molecule has 0 saturated carbocycles. The van der Waals surface area contributed by atoms with Crippen LogP contribution in [0.15, 0.2) is 18.2 Å². The van der Waals surface area contributed by atoms with Crippen LogP contribution < -0.4 is 9.47 Å². The first-order valence-electron chi connectivity index (χ1n) is 5.32. The van der Waals surface area contributed by atoms with E-state index in [-0.39, 0.29) is 0 Å². The monoisotopic (exact) mass is 380 g/mol. The van der Waals surface area contributed by atoms with Gasteiger partial charge in [0, 0.05) is 16.7 Å². The number of methoxy groups -OCH3 is 1. The Bertz CT molecular complexity index is 369. The predicted octanol–water partition coefficient (Wildman–Crippen LogP) is 3.02. The van der Waals surface area contributed by atoms with Crippen molar-refractivity contribution >= 4 is 37.8 Å². The summed E-state index contributed by atoms with van der Waals surface area (Å²) in [4.78, 5) is 11.5. The van der Waals surface area contributed by atoms with Crippen molar-refractivity contribution in [3.63, 3.8) is 0 Å². The first-order valence-corrected chi connectivity index (χ1v) is 7.56. The molecule has 0 atom stereocenters. The van der Waals surface area contributed by atoms with Crippen LogP contribution in [-0.4, -0.2) is 37.0 Å². The highest BCUT2D eigenvalue weighted by Crippen LogP contribution is 2.23. The summed E-state index contributed by atoms with van der Waals surface area (Å²) in [6, 6.07) is 5.02. The summed E-state index contributed by atoms with van der Waals surface area (Å²) in [6.07, 6.45) is 0. The minimum atomic E-state index is -0.414. The molecule has 0 N–H and O–H groups in total. The van der Waals surface area contributed by atoms with E-state index in [1.54, 1.807) is 18.2 Å². The molecular weight excluding hydrogens is 368 g/mol. The molecule has 1 aromatic rings. The summed E-state index contributed by atoms with van der Waals surface area (Å²) in [5, 5.41) is 1.43. The minimum absolute atomic E-state index is 0.411. The van der Waals surface area contributed by atoms with Gasteiger partial charge in [0.25, 0.3) is 0 Å². The van der Waals surface area contributed by atoms with Crippen molar-refractivity contribution in [1.29, 1.82) is 0 Å². The first-order chi connectivity index (χ1) is 8.71. The van der Waals surface area contributed by atoms with E-state index in [4.69, 9.17) is 9.47 Å². The Morgan fingerprint density at radius 1 is 1.06 bits per heavy atom. The molecule has 0 amide bonds. The number of alkyl halides is 2. The highest BCUT2D eigenvalue weighted by atomic mass is 79.9. The van der Waals surface area contributed by atoms with Gasteiger partial charge in [-0.1, -0.05) is 31.9 Å². The van der Waals surface area contributed by atoms with Gasteiger partial charge in [0.05, 0.1) is 25.9 Å². The molecule has 0 saturated heterocycles. The smallest absolute Gasteiger partial charge is 0.338 e. The maximum absolute atomic E-state index is 11.5. The van der Waals surface area contributed by atoms with Crippen molar-refractivity contribution in [1.82, 2.24) is 0 Å². The van der Waals surface area contributed by atoms with Crippen LogP contribution in [0.4, 0.5) is 0 Å². The normalized spacial score (nSPS) is 9.94. The van der Waals surface area contributed by atoms with Gasteiger partial charge in [0.2, 0.25) is 0 Å². The highest BCUT2D eigenvalue weighted by Gasteiger charge is 2.10. The molecule has 1 rings (SSSR count). The maximum atomic E-state index is 11.5. The molecular formula is C12H14Br2O4. The van der Waals surface area contributed by atoms with Crippen molar-refractivity contribution in [2.24, 2.45) is 0 Å². The van der Waals surface area contributed by atoms with E-state index in [0.717, 1.165) is 0 Å². The third-order valence-electron chi connectivity index (χ3n) is 1.99. The summed E-state index contributed by atoms with van der Waals surface area (Å²) in [7, 11) is 1.34. The molecule has 18 heavy (non-hydrogen) atoms. The van der Waals surface area contributed by atoms with Gasteiger partial charge in [-0.15, -0.1) is 0 Å². The molecule has 0 heterocycles. The Morgan fingerprint density at radius 3 is 1.94 bits per heavy atom. The van der Waals surface area contributed by atoms with Gasteiger partial charge in [0.15, 0.2) is 0 Å². The van der Waals surface area contributed by atoms with E-state index in [1.807, 2.05) is 0 Å². The highest BCUT2D eigenvalue weighted by molar-refractivity contribution is 9.09. The zero-order valence-electron chi connectivity index (χ0n) is 9.95. The van der Waals surface area contributed by atoms with Gasteiger partial charge in [-0.25, -0.2) is 4.79 Å². The molecule has 1 aromatic carbocycles. The standard InChI is InChI=1S/C12H14Br2O4/c1-16-12(15)9-6-10(17-4-2-13)8-11(7-9)18-5-3-14/h6-8H,2-5H2,1H3. The number of hydrogen-bond acceptors (Lipinski definition) is 4. The lowest BCUT2D eigenvalue weighted by Crippen LogP contribution is -2.05. The van der Waals surface area contributed by atoms with Gasteiger partial charge in [-0.2, -0.15) is 0 Å². The number of benzene rings is 1. The predicted molar refractivity (Wildman–Crippen MR) is 76.4 cm³/mol. The molecule has 100 valence electrons. The van der Waals surface area contributed by atoms with Crippen LogP contribution in [0.2, 0.25) is 0 Å². The van der Waals surface area contributed by atoms with Gasteiger partial charge < -0.3 is 14.2 Å². The van der Waals surface area contributed by atoms with E-state index in [0.29, 0.717) is 40.9 Å². The molecule has 0 spiro atoms. The lowest BCUT2D eigenvalue weighted by atomic mass is 10.2. The van der Waals surface area contributed by atoms with Gasteiger partial charge in [-0.05, 0) is 12.1 Å². The number of carbonyl (C=O) groups excluding carboxylic acids is 1. The van der Waals surface area contributed by atoms with E-state index in [9.17, 15) is 4.79 Å². The van der Waals surface area contributed by atoms with Crippen molar-refractivity contribution in [3.8, 4) is 11.5 Å². The maximum Gasteiger partial charge on any atom is 0.338 e. The molecule has 0 bridgehead atoms. The second kappa shape index (κ2) is 8.37. The van der Waals surface area contributed by atoms with Crippen LogP contribution in [-0.2, 0) is 4.74 Å². The summed E-state index contributed by atoms with van der Waals surface area (Å²) in [5.74, 6) is 0.756. The Hall–Kier alpha value is -0.750. The zero-order valence-corrected chi connectivity index (χ0v) is 13.1.